The summed E-state index contributed by atoms with van der Waals surface area (Å²) in [5.74, 6) is -1.42. The van der Waals surface area contributed by atoms with Gasteiger partial charge in [-0.25, -0.2) is 0 Å². The van der Waals surface area contributed by atoms with Crippen LogP contribution in [-0.2, 0) is 19.1 Å². The lowest BCUT2D eigenvalue weighted by Crippen LogP contribution is -2.44. The van der Waals surface area contributed by atoms with E-state index in [1.54, 1.807) is 13.8 Å². The molecule has 2 N–H and O–H groups in total. The van der Waals surface area contributed by atoms with Crippen LogP contribution in [0, 0.1) is 0 Å². The van der Waals surface area contributed by atoms with Crippen LogP contribution >= 0.6 is 11.6 Å². The molecule has 0 rings (SSSR count). The maximum absolute atomic E-state index is 11.1. The highest BCUT2D eigenvalue weighted by atomic mass is 35.5. The van der Waals surface area contributed by atoms with Crippen molar-refractivity contribution in [3.63, 3.8) is 0 Å². The van der Waals surface area contributed by atoms with E-state index in [0.717, 1.165) is 0 Å². The Morgan fingerprint density at radius 1 is 1.21 bits per heavy atom. The molecule has 0 aromatic rings. The largest absolute Gasteiger partial charge is 0.465 e. The van der Waals surface area contributed by atoms with Gasteiger partial charge in [0.05, 0.1) is 13.2 Å². The Kier molecular flexibility index (Phi) is 6.23. The molecule has 0 spiro atoms. The molecule has 2 atom stereocenters. The molecule has 82 valence electrons. The molecule has 5 nitrogen and oxygen atoms in total. The first-order valence-electron chi connectivity index (χ1n) is 4.27. The third-order valence-electron chi connectivity index (χ3n) is 1.39. The quantitative estimate of drug-likeness (QED) is 0.526. The van der Waals surface area contributed by atoms with Crippen LogP contribution in [0.1, 0.15) is 13.8 Å². The molecule has 0 aliphatic rings. The van der Waals surface area contributed by atoms with Crippen molar-refractivity contribution in [2.24, 2.45) is 5.73 Å². The summed E-state index contributed by atoms with van der Waals surface area (Å²) in [5.41, 5.74) is 5.37. The average Bonchev–Trinajstić information content (AvgIpc) is 2.16. The van der Waals surface area contributed by atoms with Gasteiger partial charge >= 0.3 is 11.9 Å². The maximum Gasteiger partial charge on any atom is 0.326 e. The molecule has 0 amide bonds. The van der Waals surface area contributed by atoms with Gasteiger partial charge < -0.3 is 15.2 Å². The normalized spacial score (nSPS) is 14.3. The predicted octanol–water partition coefficient (Wildman–Crippen LogP) is 0.0473. The molecule has 0 saturated heterocycles. The van der Waals surface area contributed by atoms with Crippen molar-refractivity contribution in [1.82, 2.24) is 0 Å². The number of ether oxygens (including phenoxy) is 2. The lowest BCUT2D eigenvalue weighted by Gasteiger charge is -2.14. The van der Waals surface area contributed by atoms with Crippen molar-refractivity contribution in [3.8, 4) is 0 Å². The molecule has 0 aromatic heterocycles. The minimum absolute atomic E-state index is 0.192. The van der Waals surface area contributed by atoms with Crippen LogP contribution in [0.15, 0.2) is 0 Å². The van der Waals surface area contributed by atoms with Gasteiger partial charge in [0.15, 0.2) is 5.38 Å². The van der Waals surface area contributed by atoms with E-state index < -0.39 is 23.4 Å². The molecular weight excluding hydrogens is 210 g/mol. The van der Waals surface area contributed by atoms with Crippen molar-refractivity contribution >= 4 is 23.5 Å². The predicted molar refractivity (Wildman–Crippen MR) is 50.9 cm³/mol. The highest BCUT2D eigenvalue weighted by Crippen LogP contribution is 2.05. The molecule has 0 bridgehead atoms. The molecule has 0 saturated carbocycles. The minimum Gasteiger partial charge on any atom is -0.465 e. The first-order valence-corrected chi connectivity index (χ1v) is 4.71. The second kappa shape index (κ2) is 6.62. The molecule has 0 unspecified atom stereocenters. The third kappa shape index (κ3) is 3.93. The summed E-state index contributed by atoms with van der Waals surface area (Å²) < 4.78 is 9.19. The van der Waals surface area contributed by atoms with E-state index in [0.29, 0.717) is 0 Å². The Labute approximate surface area is 87.5 Å². The number of hydrogen-bond acceptors (Lipinski definition) is 5. The molecule has 0 radical (unpaired) electrons. The Bertz CT molecular complexity index is 188. The number of esters is 2. The molecular formula is C8H14ClNO4. The third-order valence-corrected chi connectivity index (χ3v) is 1.84. The highest BCUT2D eigenvalue weighted by molar-refractivity contribution is 6.31. The van der Waals surface area contributed by atoms with E-state index in [1.807, 2.05) is 0 Å². The fourth-order valence-corrected chi connectivity index (χ4v) is 0.892. The molecule has 0 fully saturated rings. The number of carbonyl (C=O) groups excluding carboxylic acids is 2. The average molecular weight is 224 g/mol. The van der Waals surface area contributed by atoms with Gasteiger partial charge in [0.2, 0.25) is 0 Å². The second-order valence-corrected chi connectivity index (χ2v) is 2.90. The SMILES string of the molecule is CCOC(=O)[C@@H](N)[C@@H](Cl)C(=O)OCC. The van der Waals surface area contributed by atoms with Gasteiger partial charge in [-0.2, -0.15) is 0 Å². The first-order chi connectivity index (χ1) is 6.54. The van der Waals surface area contributed by atoms with Crippen LogP contribution in [0.2, 0.25) is 0 Å². The topological polar surface area (TPSA) is 78.6 Å². The van der Waals surface area contributed by atoms with Gasteiger partial charge in [0.1, 0.15) is 6.04 Å². The standard InChI is InChI=1S/C8H14ClNO4/c1-3-13-7(11)5(9)6(10)8(12)14-4-2/h5-6H,3-4,10H2,1-2H3/t5-,6+/m1/s1. The Morgan fingerprint density at radius 3 is 2.07 bits per heavy atom. The molecule has 0 heterocycles. The van der Waals surface area contributed by atoms with Gasteiger partial charge in [-0.05, 0) is 13.8 Å². The number of nitrogens with two attached hydrogens (primary N) is 1. The van der Waals surface area contributed by atoms with Gasteiger partial charge in [-0.15, -0.1) is 11.6 Å². The lowest BCUT2D eigenvalue weighted by atomic mass is 10.2. The smallest absolute Gasteiger partial charge is 0.326 e. The minimum atomic E-state index is -1.20. The molecule has 14 heavy (non-hydrogen) atoms. The number of halogens is 1. The molecule has 0 aliphatic heterocycles. The fraction of sp³-hybridized carbons (Fsp3) is 0.750. The second-order valence-electron chi connectivity index (χ2n) is 2.43. The number of hydrogen-bond donors (Lipinski definition) is 1. The Balaban J connectivity index is 4.16. The van der Waals surface area contributed by atoms with E-state index >= 15 is 0 Å². The van der Waals surface area contributed by atoms with Gasteiger partial charge in [0.25, 0.3) is 0 Å². The lowest BCUT2D eigenvalue weighted by molar-refractivity contribution is -0.150. The number of alkyl halides is 1. The van der Waals surface area contributed by atoms with Crippen LogP contribution in [-0.4, -0.2) is 36.6 Å². The molecule has 0 aromatic carbocycles. The van der Waals surface area contributed by atoms with E-state index in [-0.39, 0.29) is 13.2 Å². The summed E-state index contributed by atoms with van der Waals surface area (Å²) in [4.78, 5) is 22.1. The summed E-state index contributed by atoms with van der Waals surface area (Å²) in [5, 5.41) is -1.20. The highest BCUT2D eigenvalue weighted by Gasteiger charge is 2.30. The van der Waals surface area contributed by atoms with Crippen molar-refractivity contribution in [1.29, 1.82) is 0 Å². The zero-order valence-corrected chi connectivity index (χ0v) is 8.91. The summed E-state index contributed by atoms with van der Waals surface area (Å²) in [6.07, 6.45) is 0. The maximum atomic E-state index is 11.1. The Morgan fingerprint density at radius 2 is 1.64 bits per heavy atom. The van der Waals surface area contributed by atoms with Crippen LogP contribution in [0.5, 0.6) is 0 Å². The summed E-state index contributed by atoms with van der Waals surface area (Å²) >= 11 is 5.59. The van der Waals surface area contributed by atoms with Crippen molar-refractivity contribution in [2.45, 2.75) is 25.3 Å². The summed E-state index contributed by atoms with van der Waals surface area (Å²) in [6.45, 7) is 3.66. The monoisotopic (exact) mass is 223 g/mol. The van der Waals surface area contributed by atoms with Crippen molar-refractivity contribution in [2.75, 3.05) is 13.2 Å². The molecule has 6 heteroatoms. The van der Waals surface area contributed by atoms with Crippen molar-refractivity contribution in [3.05, 3.63) is 0 Å². The summed E-state index contributed by atoms with van der Waals surface area (Å²) in [7, 11) is 0. The van der Waals surface area contributed by atoms with Gasteiger partial charge in [-0.1, -0.05) is 0 Å². The fourth-order valence-electron chi connectivity index (χ4n) is 0.726. The zero-order valence-electron chi connectivity index (χ0n) is 8.16. The zero-order chi connectivity index (χ0) is 11.1. The van der Waals surface area contributed by atoms with Crippen LogP contribution in [0.3, 0.4) is 0 Å². The van der Waals surface area contributed by atoms with E-state index in [1.165, 1.54) is 0 Å². The van der Waals surface area contributed by atoms with E-state index in [4.69, 9.17) is 17.3 Å². The summed E-state index contributed by atoms with van der Waals surface area (Å²) in [6, 6.07) is -1.18. The number of rotatable bonds is 5. The first kappa shape index (κ1) is 13.2. The van der Waals surface area contributed by atoms with E-state index in [9.17, 15) is 9.59 Å². The van der Waals surface area contributed by atoms with Crippen molar-refractivity contribution < 1.29 is 19.1 Å². The van der Waals surface area contributed by atoms with Crippen LogP contribution < -0.4 is 5.73 Å². The van der Waals surface area contributed by atoms with Gasteiger partial charge in [-0.3, -0.25) is 9.59 Å². The molecule has 0 aliphatic carbocycles. The van der Waals surface area contributed by atoms with Crippen LogP contribution in [0.25, 0.3) is 0 Å². The van der Waals surface area contributed by atoms with Gasteiger partial charge in [0, 0.05) is 0 Å². The Hall–Kier alpha value is -0.810. The van der Waals surface area contributed by atoms with E-state index in [2.05, 4.69) is 9.47 Å². The van der Waals surface area contributed by atoms with Crippen LogP contribution in [0.4, 0.5) is 0 Å². The number of carbonyl (C=O) groups is 2.